The number of rotatable bonds is 5. The summed E-state index contributed by atoms with van der Waals surface area (Å²) in [6, 6.07) is 15.9. The van der Waals surface area contributed by atoms with Crippen molar-refractivity contribution in [3.05, 3.63) is 83.3 Å². The first-order valence-corrected chi connectivity index (χ1v) is 9.60. The minimum absolute atomic E-state index is 0.0624. The number of halogens is 1. The van der Waals surface area contributed by atoms with E-state index in [0.717, 1.165) is 19.3 Å². The van der Waals surface area contributed by atoms with E-state index in [4.69, 9.17) is 4.52 Å². The van der Waals surface area contributed by atoms with Crippen molar-refractivity contribution in [1.29, 1.82) is 0 Å². The summed E-state index contributed by atoms with van der Waals surface area (Å²) >= 11 is 0. The highest BCUT2D eigenvalue weighted by Crippen LogP contribution is 2.26. The fraction of sp³-hybridized carbons (Fsp3) is 0.318. The van der Waals surface area contributed by atoms with Crippen LogP contribution in [0.2, 0.25) is 0 Å². The Balaban J connectivity index is 1.38. The summed E-state index contributed by atoms with van der Waals surface area (Å²) in [7, 11) is 0. The maximum Gasteiger partial charge on any atom is 0.253 e. The van der Waals surface area contributed by atoms with Crippen LogP contribution in [0.25, 0.3) is 0 Å². The summed E-state index contributed by atoms with van der Waals surface area (Å²) in [5.74, 6) is 0.924. The SMILES string of the molecule is O=C(c1ccc(F)cc1)N1CCC[C@H](c2noc(CCc3ccccc3)n2)C1. The van der Waals surface area contributed by atoms with E-state index in [1.165, 1.54) is 29.8 Å². The molecule has 0 saturated carbocycles. The van der Waals surface area contributed by atoms with Crippen molar-refractivity contribution in [1.82, 2.24) is 15.0 Å². The van der Waals surface area contributed by atoms with Crippen LogP contribution in [0.15, 0.2) is 59.1 Å². The zero-order chi connectivity index (χ0) is 19.3. The number of benzene rings is 2. The van der Waals surface area contributed by atoms with Gasteiger partial charge in [0.15, 0.2) is 5.82 Å². The topological polar surface area (TPSA) is 59.2 Å². The van der Waals surface area contributed by atoms with E-state index in [0.29, 0.717) is 36.8 Å². The number of amides is 1. The molecule has 28 heavy (non-hydrogen) atoms. The molecule has 6 heteroatoms. The van der Waals surface area contributed by atoms with Crippen molar-refractivity contribution >= 4 is 5.91 Å². The lowest BCUT2D eigenvalue weighted by Crippen LogP contribution is -2.39. The number of aromatic nitrogens is 2. The number of carbonyl (C=O) groups is 1. The Bertz CT molecular complexity index is 924. The number of nitrogens with zero attached hydrogens (tertiary/aromatic N) is 3. The second-order valence-electron chi connectivity index (χ2n) is 7.13. The first kappa shape index (κ1) is 18.3. The molecule has 0 radical (unpaired) electrons. The van der Waals surface area contributed by atoms with E-state index >= 15 is 0 Å². The molecule has 0 bridgehead atoms. The molecule has 1 saturated heterocycles. The van der Waals surface area contributed by atoms with Gasteiger partial charge in [-0.05, 0) is 49.1 Å². The molecule has 1 aliphatic rings. The zero-order valence-corrected chi connectivity index (χ0v) is 15.6. The van der Waals surface area contributed by atoms with Gasteiger partial charge in [-0.25, -0.2) is 4.39 Å². The fourth-order valence-corrected chi connectivity index (χ4v) is 3.58. The molecule has 2 heterocycles. The second kappa shape index (κ2) is 8.33. The summed E-state index contributed by atoms with van der Waals surface area (Å²) in [5.41, 5.74) is 1.73. The van der Waals surface area contributed by atoms with E-state index < -0.39 is 0 Å². The predicted octanol–water partition coefficient (Wildman–Crippen LogP) is 4.01. The average Bonchev–Trinajstić information content (AvgIpc) is 3.22. The summed E-state index contributed by atoms with van der Waals surface area (Å²) in [4.78, 5) is 19.0. The Morgan fingerprint density at radius 2 is 1.89 bits per heavy atom. The van der Waals surface area contributed by atoms with Crippen LogP contribution in [-0.2, 0) is 12.8 Å². The van der Waals surface area contributed by atoms with Gasteiger partial charge in [-0.15, -0.1) is 0 Å². The van der Waals surface area contributed by atoms with Gasteiger partial charge in [-0.1, -0.05) is 35.5 Å². The molecular formula is C22H22FN3O2. The van der Waals surface area contributed by atoms with Crippen LogP contribution in [0.5, 0.6) is 0 Å². The van der Waals surface area contributed by atoms with Crippen molar-refractivity contribution in [2.75, 3.05) is 13.1 Å². The van der Waals surface area contributed by atoms with Gasteiger partial charge in [0.25, 0.3) is 5.91 Å². The van der Waals surface area contributed by atoms with Crippen LogP contribution in [0.3, 0.4) is 0 Å². The molecule has 4 rings (SSSR count). The maximum absolute atomic E-state index is 13.1. The number of hydrogen-bond donors (Lipinski definition) is 0. The third kappa shape index (κ3) is 4.27. The second-order valence-corrected chi connectivity index (χ2v) is 7.13. The minimum Gasteiger partial charge on any atom is -0.339 e. The minimum atomic E-state index is -0.345. The molecule has 1 aromatic heterocycles. The Hall–Kier alpha value is -3.02. The average molecular weight is 379 g/mol. The molecule has 5 nitrogen and oxygen atoms in total. The van der Waals surface area contributed by atoms with Crippen LogP contribution in [-0.4, -0.2) is 34.0 Å². The van der Waals surface area contributed by atoms with E-state index in [-0.39, 0.29) is 17.6 Å². The normalized spacial score (nSPS) is 16.9. The maximum atomic E-state index is 13.1. The van der Waals surface area contributed by atoms with E-state index in [1.807, 2.05) is 18.2 Å². The van der Waals surface area contributed by atoms with Crippen molar-refractivity contribution in [2.45, 2.75) is 31.6 Å². The highest BCUT2D eigenvalue weighted by atomic mass is 19.1. The molecule has 0 spiro atoms. The third-order valence-corrected chi connectivity index (χ3v) is 5.12. The molecule has 144 valence electrons. The fourth-order valence-electron chi connectivity index (χ4n) is 3.58. The third-order valence-electron chi connectivity index (χ3n) is 5.12. The Morgan fingerprint density at radius 3 is 2.68 bits per heavy atom. The van der Waals surface area contributed by atoms with E-state index in [9.17, 15) is 9.18 Å². The van der Waals surface area contributed by atoms with Crippen LogP contribution in [0.4, 0.5) is 4.39 Å². The molecule has 0 N–H and O–H groups in total. The van der Waals surface area contributed by atoms with Gasteiger partial charge in [-0.3, -0.25) is 4.79 Å². The first-order chi connectivity index (χ1) is 13.7. The van der Waals surface area contributed by atoms with Crippen LogP contribution in [0, 0.1) is 5.82 Å². The van der Waals surface area contributed by atoms with Gasteiger partial charge in [0, 0.05) is 31.0 Å². The molecule has 3 aromatic rings. The van der Waals surface area contributed by atoms with Crippen molar-refractivity contribution in [2.24, 2.45) is 0 Å². The van der Waals surface area contributed by atoms with Crippen molar-refractivity contribution in [3.8, 4) is 0 Å². The largest absolute Gasteiger partial charge is 0.339 e. The molecule has 1 aliphatic heterocycles. The molecule has 2 aromatic carbocycles. The summed E-state index contributed by atoms with van der Waals surface area (Å²) in [5, 5.41) is 4.16. The number of aryl methyl sites for hydroxylation is 2. The monoisotopic (exact) mass is 379 g/mol. The lowest BCUT2D eigenvalue weighted by molar-refractivity contribution is 0.0703. The van der Waals surface area contributed by atoms with Gasteiger partial charge in [0.05, 0.1) is 0 Å². The quantitative estimate of drug-likeness (QED) is 0.672. The number of piperidine rings is 1. The number of hydrogen-bond acceptors (Lipinski definition) is 4. The van der Waals surface area contributed by atoms with Crippen molar-refractivity contribution in [3.63, 3.8) is 0 Å². The number of carbonyl (C=O) groups excluding carboxylic acids is 1. The van der Waals surface area contributed by atoms with Crippen molar-refractivity contribution < 1.29 is 13.7 Å². The molecule has 0 aliphatic carbocycles. The van der Waals surface area contributed by atoms with Crippen LogP contribution >= 0.6 is 0 Å². The standard InChI is InChI=1S/C22H22FN3O2/c23-19-11-9-17(10-12-19)22(27)26-14-4-7-18(15-26)21-24-20(28-25-21)13-8-16-5-2-1-3-6-16/h1-3,5-6,9-12,18H,4,7-8,13-15H2/t18-/m0/s1. The highest BCUT2D eigenvalue weighted by Gasteiger charge is 2.28. The van der Waals surface area contributed by atoms with Gasteiger partial charge in [-0.2, -0.15) is 4.98 Å². The van der Waals surface area contributed by atoms with Gasteiger partial charge < -0.3 is 9.42 Å². The highest BCUT2D eigenvalue weighted by molar-refractivity contribution is 5.94. The molecule has 1 fully saturated rings. The Kier molecular flexibility index (Phi) is 5.46. The van der Waals surface area contributed by atoms with Gasteiger partial charge >= 0.3 is 0 Å². The summed E-state index contributed by atoms with van der Waals surface area (Å²) < 4.78 is 18.5. The first-order valence-electron chi connectivity index (χ1n) is 9.60. The molecule has 1 amide bonds. The zero-order valence-electron chi connectivity index (χ0n) is 15.6. The van der Waals surface area contributed by atoms with Crippen LogP contribution < -0.4 is 0 Å². The van der Waals surface area contributed by atoms with E-state index in [1.54, 1.807) is 4.90 Å². The Labute approximate surface area is 163 Å². The van der Waals surface area contributed by atoms with Crippen LogP contribution in [0.1, 0.15) is 46.4 Å². The molecular weight excluding hydrogens is 357 g/mol. The van der Waals surface area contributed by atoms with E-state index in [2.05, 4.69) is 22.3 Å². The summed E-state index contributed by atoms with van der Waals surface area (Å²) in [6.07, 6.45) is 3.35. The van der Waals surface area contributed by atoms with Gasteiger partial charge in [0.1, 0.15) is 5.82 Å². The molecule has 0 unspecified atom stereocenters. The lowest BCUT2D eigenvalue weighted by Gasteiger charge is -2.31. The smallest absolute Gasteiger partial charge is 0.253 e. The summed E-state index contributed by atoms with van der Waals surface area (Å²) in [6.45, 7) is 1.24. The molecule has 1 atom stereocenters. The van der Waals surface area contributed by atoms with Gasteiger partial charge in [0.2, 0.25) is 5.89 Å². The number of likely N-dealkylation sites (tertiary alicyclic amines) is 1. The lowest BCUT2D eigenvalue weighted by atomic mass is 9.96. The Morgan fingerprint density at radius 1 is 1.11 bits per heavy atom. The predicted molar refractivity (Wildman–Crippen MR) is 102 cm³/mol.